The Bertz CT molecular complexity index is 561. The molecule has 0 saturated carbocycles. The molecule has 7 heteroatoms. The average Bonchev–Trinajstić information content (AvgIpc) is 2.70. The highest BCUT2D eigenvalue weighted by molar-refractivity contribution is 5.43. The third-order valence-electron chi connectivity index (χ3n) is 2.91. The number of aromatic amines is 1. The van der Waals surface area contributed by atoms with E-state index in [-0.39, 0.29) is 18.6 Å². The van der Waals surface area contributed by atoms with Gasteiger partial charge in [-0.05, 0) is 0 Å². The van der Waals surface area contributed by atoms with Crippen LogP contribution in [0.1, 0.15) is 18.2 Å². The van der Waals surface area contributed by atoms with Gasteiger partial charge in [0, 0.05) is 12.6 Å². The summed E-state index contributed by atoms with van der Waals surface area (Å²) >= 11 is 0. The molecule has 0 aliphatic carbocycles. The first-order chi connectivity index (χ1) is 8.56. The summed E-state index contributed by atoms with van der Waals surface area (Å²) in [6.45, 7) is 3.14. The summed E-state index contributed by atoms with van der Waals surface area (Å²) in [6, 6.07) is 0. The van der Waals surface area contributed by atoms with E-state index in [4.69, 9.17) is 9.84 Å². The lowest BCUT2D eigenvalue weighted by Crippen LogP contribution is -2.33. The van der Waals surface area contributed by atoms with Crippen molar-refractivity contribution in [1.29, 1.82) is 0 Å². The number of aliphatic hydroxyl groups is 2. The Morgan fingerprint density at radius 2 is 2.33 bits per heavy atom. The monoisotopic (exact) mass is 254 g/mol. The normalized spacial score (nSPS) is 27.3. The lowest BCUT2D eigenvalue weighted by Gasteiger charge is -2.14. The molecule has 7 nitrogen and oxygen atoms in total. The number of nitrogens with zero attached hydrogens (tertiary/aromatic N) is 1. The SMILES string of the molecule is C=Cc1cn(C2C[C@H](O)C(CO)O2)c(=O)[nH]c1=O. The van der Waals surface area contributed by atoms with Crippen LogP contribution in [-0.2, 0) is 4.74 Å². The van der Waals surface area contributed by atoms with Crippen LogP contribution in [0.25, 0.3) is 6.08 Å². The Morgan fingerprint density at radius 3 is 2.89 bits per heavy atom. The lowest BCUT2D eigenvalue weighted by molar-refractivity contribution is -0.0459. The van der Waals surface area contributed by atoms with Crippen LogP contribution in [0.3, 0.4) is 0 Å². The second kappa shape index (κ2) is 4.89. The standard InChI is InChI=1S/C11H14N2O5/c1-2-6-4-13(11(17)12-10(6)16)9-3-7(15)8(5-14)18-9/h2,4,7-9,14-15H,1,3,5H2,(H,12,16,17)/t7-,8?,9?/m0/s1. The van der Waals surface area contributed by atoms with Crippen molar-refractivity contribution >= 4 is 6.08 Å². The van der Waals surface area contributed by atoms with Crippen LogP contribution >= 0.6 is 0 Å². The minimum absolute atomic E-state index is 0.174. The highest BCUT2D eigenvalue weighted by atomic mass is 16.5. The molecule has 1 fully saturated rings. The summed E-state index contributed by atoms with van der Waals surface area (Å²) in [5.41, 5.74) is -0.912. The molecule has 1 aromatic rings. The molecule has 3 N–H and O–H groups in total. The molecule has 1 aliphatic rings. The maximum Gasteiger partial charge on any atom is 0.330 e. The second-order valence-corrected chi connectivity index (χ2v) is 4.07. The molecule has 1 aliphatic heterocycles. The Hall–Kier alpha value is -1.70. The summed E-state index contributed by atoms with van der Waals surface area (Å²) in [6.07, 6.45) is 0.551. The number of hydrogen-bond donors (Lipinski definition) is 3. The molecule has 0 aromatic carbocycles. The molecule has 0 spiro atoms. The van der Waals surface area contributed by atoms with Crippen LogP contribution in [0.4, 0.5) is 0 Å². The van der Waals surface area contributed by atoms with E-state index in [0.29, 0.717) is 0 Å². The molecule has 2 heterocycles. The number of hydrogen-bond acceptors (Lipinski definition) is 5. The fourth-order valence-electron chi connectivity index (χ4n) is 1.91. The van der Waals surface area contributed by atoms with Crippen molar-refractivity contribution in [1.82, 2.24) is 9.55 Å². The quantitative estimate of drug-likeness (QED) is 0.630. The van der Waals surface area contributed by atoms with Crippen molar-refractivity contribution < 1.29 is 14.9 Å². The molecule has 1 saturated heterocycles. The van der Waals surface area contributed by atoms with Gasteiger partial charge in [0.05, 0.1) is 18.3 Å². The Kier molecular flexibility index (Phi) is 3.46. The minimum Gasteiger partial charge on any atom is -0.394 e. The number of aromatic nitrogens is 2. The molecule has 0 bridgehead atoms. The highest BCUT2D eigenvalue weighted by Gasteiger charge is 2.34. The molecule has 0 radical (unpaired) electrons. The number of ether oxygens (including phenoxy) is 1. The van der Waals surface area contributed by atoms with Gasteiger partial charge in [-0.2, -0.15) is 0 Å². The Morgan fingerprint density at radius 1 is 1.61 bits per heavy atom. The van der Waals surface area contributed by atoms with E-state index in [9.17, 15) is 14.7 Å². The fourth-order valence-corrected chi connectivity index (χ4v) is 1.91. The Balaban J connectivity index is 2.38. The smallest absolute Gasteiger partial charge is 0.330 e. The van der Waals surface area contributed by atoms with Crippen LogP contribution in [0, 0.1) is 0 Å². The van der Waals surface area contributed by atoms with Crippen LogP contribution in [0.2, 0.25) is 0 Å². The third kappa shape index (κ3) is 2.15. The van der Waals surface area contributed by atoms with Gasteiger partial charge in [0.1, 0.15) is 12.3 Å². The van der Waals surface area contributed by atoms with Crippen molar-refractivity contribution in [3.8, 4) is 0 Å². The van der Waals surface area contributed by atoms with E-state index in [0.717, 1.165) is 0 Å². The number of nitrogens with one attached hydrogen (secondary N) is 1. The van der Waals surface area contributed by atoms with E-state index in [1.54, 1.807) is 0 Å². The topological polar surface area (TPSA) is 105 Å². The van der Waals surface area contributed by atoms with Gasteiger partial charge >= 0.3 is 5.69 Å². The summed E-state index contributed by atoms with van der Waals surface area (Å²) in [4.78, 5) is 25.1. The van der Waals surface area contributed by atoms with E-state index in [1.165, 1.54) is 16.8 Å². The van der Waals surface area contributed by atoms with Crippen molar-refractivity contribution in [2.75, 3.05) is 6.61 Å². The van der Waals surface area contributed by atoms with Gasteiger partial charge < -0.3 is 14.9 Å². The average molecular weight is 254 g/mol. The largest absolute Gasteiger partial charge is 0.394 e. The van der Waals surface area contributed by atoms with Gasteiger partial charge in [-0.25, -0.2) is 4.79 Å². The van der Waals surface area contributed by atoms with Crippen LogP contribution in [0.5, 0.6) is 0 Å². The van der Waals surface area contributed by atoms with E-state index in [1.807, 2.05) is 0 Å². The van der Waals surface area contributed by atoms with Gasteiger partial charge in [0.25, 0.3) is 5.56 Å². The number of aliphatic hydroxyl groups excluding tert-OH is 2. The summed E-state index contributed by atoms with van der Waals surface area (Å²) in [5, 5.41) is 18.6. The molecular weight excluding hydrogens is 240 g/mol. The van der Waals surface area contributed by atoms with Crippen molar-refractivity contribution in [3.63, 3.8) is 0 Å². The minimum atomic E-state index is -0.842. The zero-order valence-corrected chi connectivity index (χ0v) is 9.57. The molecule has 18 heavy (non-hydrogen) atoms. The first-order valence-corrected chi connectivity index (χ1v) is 5.49. The predicted molar refractivity (Wildman–Crippen MR) is 63.0 cm³/mol. The van der Waals surface area contributed by atoms with Gasteiger partial charge in [-0.3, -0.25) is 14.3 Å². The summed E-state index contributed by atoms with van der Waals surface area (Å²) < 4.78 is 6.51. The highest BCUT2D eigenvalue weighted by Crippen LogP contribution is 2.27. The zero-order chi connectivity index (χ0) is 13.3. The number of rotatable bonds is 3. The molecule has 2 rings (SSSR count). The molecule has 98 valence electrons. The van der Waals surface area contributed by atoms with Gasteiger partial charge in [0.2, 0.25) is 0 Å². The zero-order valence-electron chi connectivity index (χ0n) is 9.57. The van der Waals surface area contributed by atoms with Crippen molar-refractivity contribution in [2.45, 2.75) is 24.9 Å². The summed E-state index contributed by atoms with van der Waals surface area (Å²) in [7, 11) is 0. The van der Waals surface area contributed by atoms with Crippen LogP contribution < -0.4 is 11.2 Å². The van der Waals surface area contributed by atoms with Crippen molar-refractivity contribution in [2.24, 2.45) is 0 Å². The molecular formula is C11H14N2O5. The van der Waals surface area contributed by atoms with E-state index in [2.05, 4.69) is 11.6 Å². The maximum atomic E-state index is 11.6. The first kappa shape index (κ1) is 12.7. The maximum absolute atomic E-state index is 11.6. The predicted octanol–water partition coefficient (Wildman–Crippen LogP) is -1.18. The first-order valence-electron chi connectivity index (χ1n) is 5.49. The van der Waals surface area contributed by atoms with E-state index < -0.39 is 29.7 Å². The summed E-state index contributed by atoms with van der Waals surface area (Å²) in [5.74, 6) is 0. The molecule has 3 atom stereocenters. The fraction of sp³-hybridized carbons (Fsp3) is 0.455. The van der Waals surface area contributed by atoms with Crippen LogP contribution in [-0.4, -0.2) is 38.6 Å². The van der Waals surface area contributed by atoms with Crippen LogP contribution in [0.15, 0.2) is 22.4 Å². The Labute approximate surface area is 102 Å². The molecule has 1 aromatic heterocycles. The van der Waals surface area contributed by atoms with Gasteiger partial charge in [0.15, 0.2) is 0 Å². The molecule has 0 amide bonds. The number of H-pyrrole nitrogens is 1. The third-order valence-corrected chi connectivity index (χ3v) is 2.91. The molecule has 2 unspecified atom stereocenters. The van der Waals surface area contributed by atoms with Gasteiger partial charge in [-0.1, -0.05) is 12.7 Å². The van der Waals surface area contributed by atoms with Crippen molar-refractivity contribution in [3.05, 3.63) is 39.2 Å². The second-order valence-electron chi connectivity index (χ2n) is 4.07. The lowest BCUT2D eigenvalue weighted by atomic mass is 10.2. The van der Waals surface area contributed by atoms with Gasteiger partial charge in [-0.15, -0.1) is 0 Å². The van der Waals surface area contributed by atoms with E-state index >= 15 is 0 Å².